The van der Waals surface area contributed by atoms with Crippen molar-refractivity contribution in [3.8, 4) is 0 Å². The van der Waals surface area contributed by atoms with E-state index in [-0.39, 0.29) is 4.34 Å². The van der Waals surface area contributed by atoms with Gasteiger partial charge in [0.2, 0.25) is 14.2 Å². The van der Waals surface area contributed by atoms with Gasteiger partial charge in [-0.25, -0.2) is 17.8 Å². The summed E-state index contributed by atoms with van der Waals surface area (Å²) >= 11 is 0.847. The van der Waals surface area contributed by atoms with Crippen LogP contribution in [0.3, 0.4) is 0 Å². The molecule has 0 saturated heterocycles. The Kier molecular flexibility index (Phi) is 5.79. The second kappa shape index (κ2) is 7.43. The fourth-order valence-corrected chi connectivity index (χ4v) is 3.99. The van der Waals surface area contributed by atoms with Crippen molar-refractivity contribution >= 4 is 26.9 Å². The summed E-state index contributed by atoms with van der Waals surface area (Å²) in [6.07, 6.45) is 0.191. The Bertz CT molecular complexity index is 721. The lowest BCUT2D eigenvalue weighted by Crippen LogP contribution is -2.06. The Hall–Kier alpha value is -1.42. The van der Waals surface area contributed by atoms with E-state index < -0.39 is 33.9 Å². The number of aromatic nitrogens is 1. The van der Waals surface area contributed by atoms with E-state index in [1.807, 2.05) is 0 Å². The molecule has 23 heavy (non-hydrogen) atoms. The second-order valence-corrected chi connectivity index (χ2v) is 8.45. The highest BCUT2D eigenvalue weighted by atomic mass is 32.2. The van der Waals surface area contributed by atoms with Gasteiger partial charge in [0.05, 0.1) is 16.3 Å². The van der Waals surface area contributed by atoms with E-state index in [4.69, 9.17) is 4.84 Å². The average molecular weight is 368 g/mol. The molecular formula is C13H15F3N2O3S2. The van der Waals surface area contributed by atoms with Gasteiger partial charge < -0.3 is 4.84 Å². The second-order valence-electron chi connectivity index (χ2n) is 5.14. The zero-order valence-electron chi connectivity index (χ0n) is 12.3. The lowest BCUT2D eigenvalue weighted by molar-refractivity contribution is 0.134. The molecule has 1 saturated carbocycles. The average Bonchev–Trinajstić information content (AvgIpc) is 3.16. The zero-order valence-corrected chi connectivity index (χ0v) is 13.9. The zero-order chi connectivity index (χ0) is 17.0. The van der Waals surface area contributed by atoms with Crippen molar-refractivity contribution < 1.29 is 26.4 Å². The monoisotopic (exact) mass is 368 g/mol. The van der Waals surface area contributed by atoms with Crippen LogP contribution in [0.2, 0.25) is 0 Å². The summed E-state index contributed by atoms with van der Waals surface area (Å²) in [5, 5.41) is 3.89. The first-order chi connectivity index (χ1) is 10.8. The van der Waals surface area contributed by atoms with Crippen LogP contribution in [-0.4, -0.2) is 31.5 Å². The van der Waals surface area contributed by atoms with Gasteiger partial charge in [-0.05, 0) is 25.7 Å². The highest BCUT2D eigenvalue weighted by Gasteiger charge is 2.23. The number of allylic oxidation sites excluding steroid dienone is 1. The predicted octanol–water partition coefficient (Wildman–Crippen LogP) is 3.54. The van der Waals surface area contributed by atoms with Crippen LogP contribution >= 0.6 is 11.3 Å². The van der Waals surface area contributed by atoms with Crippen LogP contribution < -0.4 is 0 Å². The van der Waals surface area contributed by atoms with E-state index in [0.717, 1.165) is 24.2 Å². The minimum absolute atomic E-state index is 0.253. The Morgan fingerprint density at radius 1 is 1.43 bits per heavy atom. The molecule has 0 atom stereocenters. The highest BCUT2D eigenvalue weighted by Crippen LogP contribution is 2.29. The molecule has 1 aromatic rings. The molecule has 2 rings (SSSR count). The van der Waals surface area contributed by atoms with Gasteiger partial charge in [-0.1, -0.05) is 5.16 Å². The molecule has 128 valence electrons. The largest absolute Gasteiger partial charge is 0.395 e. The first-order valence-corrected chi connectivity index (χ1v) is 9.31. The fourth-order valence-electron chi connectivity index (χ4n) is 1.54. The number of halogens is 3. The molecule has 1 aliphatic carbocycles. The summed E-state index contributed by atoms with van der Waals surface area (Å²) in [5.74, 6) is -1.95. The summed E-state index contributed by atoms with van der Waals surface area (Å²) in [7, 11) is -3.92. The highest BCUT2D eigenvalue weighted by molar-refractivity contribution is 7.93. The summed E-state index contributed by atoms with van der Waals surface area (Å²) in [6.45, 7) is 2.18. The predicted molar refractivity (Wildman–Crippen MR) is 80.0 cm³/mol. The van der Waals surface area contributed by atoms with Crippen molar-refractivity contribution in [2.75, 3.05) is 12.4 Å². The minimum atomic E-state index is -3.92. The minimum Gasteiger partial charge on any atom is -0.395 e. The first-order valence-electron chi connectivity index (χ1n) is 6.84. The van der Waals surface area contributed by atoms with Crippen molar-refractivity contribution in [3.05, 3.63) is 23.0 Å². The molecule has 1 heterocycles. The third-order valence-corrected chi connectivity index (χ3v) is 6.40. The van der Waals surface area contributed by atoms with Crippen molar-refractivity contribution in [1.82, 2.24) is 4.98 Å². The third-order valence-electron chi connectivity index (χ3n) is 3.11. The maximum atomic E-state index is 12.7. The number of rotatable bonds is 8. The van der Waals surface area contributed by atoms with Crippen LogP contribution in [0.15, 0.2) is 27.6 Å². The van der Waals surface area contributed by atoms with Crippen molar-refractivity contribution in [2.24, 2.45) is 11.1 Å². The topological polar surface area (TPSA) is 68.6 Å². The molecule has 0 unspecified atom stereocenters. The Morgan fingerprint density at radius 2 is 2.13 bits per heavy atom. The molecule has 1 fully saturated rings. The van der Waals surface area contributed by atoms with Crippen LogP contribution in [0.25, 0.3) is 0 Å². The summed E-state index contributed by atoms with van der Waals surface area (Å²) in [5.41, 5.74) is 0.477. The quantitative estimate of drug-likeness (QED) is 0.520. The lowest BCUT2D eigenvalue weighted by atomic mass is 10.4. The van der Waals surface area contributed by atoms with Gasteiger partial charge in [0.15, 0.2) is 5.83 Å². The van der Waals surface area contributed by atoms with E-state index in [1.54, 1.807) is 6.92 Å². The van der Waals surface area contributed by atoms with E-state index in [2.05, 4.69) is 10.1 Å². The maximum absolute atomic E-state index is 12.7. The van der Waals surface area contributed by atoms with Crippen molar-refractivity contribution in [1.29, 1.82) is 0 Å². The van der Waals surface area contributed by atoms with Gasteiger partial charge in [0, 0.05) is 12.6 Å². The number of thiazole rings is 1. The van der Waals surface area contributed by atoms with Gasteiger partial charge in [0.1, 0.15) is 6.61 Å². The number of nitrogens with zero attached hydrogens (tertiary/aromatic N) is 2. The van der Waals surface area contributed by atoms with Crippen LogP contribution in [0, 0.1) is 5.92 Å². The van der Waals surface area contributed by atoms with E-state index in [1.165, 1.54) is 6.20 Å². The molecule has 0 aromatic carbocycles. The molecular weight excluding hydrogens is 353 g/mol. The molecule has 1 aliphatic rings. The Labute approximate surface area is 135 Å². The van der Waals surface area contributed by atoms with E-state index >= 15 is 0 Å². The summed E-state index contributed by atoms with van der Waals surface area (Å²) in [4.78, 5) is 9.40. The third kappa shape index (κ3) is 5.31. The fraction of sp³-hybridized carbons (Fsp3) is 0.538. The van der Waals surface area contributed by atoms with Gasteiger partial charge in [-0.2, -0.15) is 8.78 Å². The van der Waals surface area contributed by atoms with Crippen LogP contribution in [0.4, 0.5) is 13.2 Å². The van der Waals surface area contributed by atoms with Crippen LogP contribution in [0.5, 0.6) is 0 Å². The van der Waals surface area contributed by atoms with Crippen LogP contribution in [-0.2, 0) is 14.7 Å². The van der Waals surface area contributed by atoms with Gasteiger partial charge >= 0.3 is 6.08 Å². The molecule has 1 aromatic heterocycles. The molecule has 0 spiro atoms. The standard InChI is InChI=1S/C13H15F3N2O3S2/c1-8(18-21-7-9-2-3-9)11-6-17-13(22-11)23(19,20)5-4-10(14)12(15)16/h6,9H,2-5,7H2,1H3. The number of sulfone groups is 1. The first kappa shape index (κ1) is 17.9. The van der Waals surface area contributed by atoms with Gasteiger partial charge in [-0.15, -0.1) is 11.3 Å². The molecule has 0 amide bonds. The summed E-state index contributed by atoms with van der Waals surface area (Å²) < 4.78 is 60.3. The maximum Gasteiger partial charge on any atom is 0.301 e. The molecule has 10 heteroatoms. The molecule has 5 nitrogen and oxygen atoms in total. The number of hydrogen-bond donors (Lipinski definition) is 0. The van der Waals surface area contributed by atoms with Crippen molar-refractivity contribution in [3.63, 3.8) is 0 Å². The normalized spacial score (nSPS) is 15.6. The van der Waals surface area contributed by atoms with Crippen molar-refractivity contribution in [2.45, 2.75) is 30.5 Å². The molecule has 0 aliphatic heterocycles. The Balaban J connectivity index is 2.00. The number of oxime groups is 1. The SMILES string of the molecule is CC(=NOCC1CC1)c1cnc(S(=O)(=O)CCC(F)=C(F)F)s1. The smallest absolute Gasteiger partial charge is 0.301 e. The van der Waals surface area contributed by atoms with E-state index in [9.17, 15) is 21.6 Å². The van der Waals surface area contributed by atoms with E-state index in [0.29, 0.717) is 23.1 Å². The summed E-state index contributed by atoms with van der Waals surface area (Å²) in [6, 6.07) is 0. The van der Waals surface area contributed by atoms with Gasteiger partial charge in [0.25, 0.3) is 0 Å². The lowest BCUT2D eigenvalue weighted by Gasteiger charge is -1.99. The Morgan fingerprint density at radius 3 is 2.74 bits per heavy atom. The van der Waals surface area contributed by atoms with Crippen LogP contribution in [0.1, 0.15) is 31.1 Å². The molecule has 0 N–H and O–H groups in total. The molecule has 0 radical (unpaired) electrons. The van der Waals surface area contributed by atoms with Gasteiger partial charge in [-0.3, -0.25) is 0 Å². The molecule has 0 bridgehead atoms. The number of hydrogen-bond acceptors (Lipinski definition) is 6.